The Morgan fingerprint density at radius 2 is 1.88 bits per heavy atom. The molecule has 1 saturated heterocycles. The van der Waals surface area contributed by atoms with E-state index in [1.54, 1.807) is 0 Å². The van der Waals surface area contributed by atoms with E-state index in [9.17, 15) is 29.6 Å². The van der Waals surface area contributed by atoms with Crippen molar-refractivity contribution in [3.8, 4) is 0 Å². The van der Waals surface area contributed by atoms with Crippen molar-refractivity contribution in [1.82, 2.24) is 10.6 Å². The Morgan fingerprint density at radius 3 is 2.50 bits per heavy atom. The van der Waals surface area contributed by atoms with Gasteiger partial charge >= 0.3 is 7.60 Å². The Morgan fingerprint density at radius 1 is 1.22 bits per heavy atom. The summed E-state index contributed by atoms with van der Waals surface area (Å²) in [6, 6.07) is 6.53. The standard InChI is InChI=1S/C21H35N2O8P/c1-14-3-5-15(6-4-14)7-8-19(26)22-9-2-10-31-32(29,30)13-16(25)11-17-20(27)21(28)18(12-24)23-17/h3-6,16-18,20-21,23-25,27-28H,2,7-13H2,1H3,(H,22,26)(H,29,30)/t16-,17-,18-,20-,21-/m1/s1. The predicted molar refractivity (Wildman–Crippen MR) is 118 cm³/mol. The molecule has 1 aromatic carbocycles. The lowest BCUT2D eigenvalue weighted by Gasteiger charge is -2.21. The van der Waals surface area contributed by atoms with Crippen LogP contribution in [0, 0.1) is 6.92 Å². The molecule has 6 atom stereocenters. The smallest absolute Gasteiger partial charge is 0.330 e. The highest BCUT2D eigenvalue weighted by molar-refractivity contribution is 7.52. The molecule has 1 aliphatic heterocycles. The van der Waals surface area contributed by atoms with Crippen LogP contribution in [0.2, 0.25) is 0 Å². The zero-order chi connectivity index (χ0) is 23.7. The molecule has 0 radical (unpaired) electrons. The lowest BCUT2D eigenvalue weighted by molar-refractivity contribution is -0.121. The molecule has 0 spiro atoms. The summed E-state index contributed by atoms with van der Waals surface area (Å²) in [5.74, 6) is -0.112. The van der Waals surface area contributed by atoms with E-state index in [-0.39, 0.29) is 25.5 Å². The van der Waals surface area contributed by atoms with Crippen molar-refractivity contribution < 1.29 is 39.2 Å². The molecule has 1 unspecified atom stereocenters. The minimum atomic E-state index is -4.07. The van der Waals surface area contributed by atoms with Crippen LogP contribution in [0.15, 0.2) is 24.3 Å². The third-order valence-corrected chi connectivity index (χ3v) is 6.93. The van der Waals surface area contributed by atoms with Gasteiger partial charge in [0.05, 0.1) is 43.7 Å². The normalized spacial score (nSPS) is 25.9. The van der Waals surface area contributed by atoms with Gasteiger partial charge in [0, 0.05) is 19.0 Å². The molecule has 11 heteroatoms. The third-order valence-electron chi connectivity index (χ3n) is 5.46. The lowest BCUT2D eigenvalue weighted by Crippen LogP contribution is -2.38. The second-order valence-electron chi connectivity index (χ2n) is 8.28. The second kappa shape index (κ2) is 12.8. The number of aliphatic hydroxyl groups is 4. The van der Waals surface area contributed by atoms with Gasteiger partial charge < -0.3 is 40.5 Å². The summed E-state index contributed by atoms with van der Waals surface area (Å²) in [5, 5.41) is 44.4. The van der Waals surface area contributed by atoms with Gasteiger partial charge in [-0.1, -0.05) is 29.8 Å². The van der Waals surface area contributed by atoms with Crippen LogP contribution in [0.4, 0.5) is 0 Å². The maximum absolute atomic E-state index is 12.2. The fourth-order valence-electron chi connectivity index (χ4n) is 3.61. The van der Waals surface area contributed by atoms with Crippen molar-refractivity contribution in [2.45, 2.75) is 63.0 Å². The Bertz CT molecular complexity index is 763. The van der Waals surface area contributed by atoms with Crippen molar-refractivity contribution in [3.05, 3.63) is 35.4 Å². The first kappa shape index (κ1) is 26.9. The van der Waals surface area contributed by atoms with E-state index in [0.717, 1.165) is 11.1 Å². The minimum absolute atomic E-state index is 0.0612. The van der Waals surface area contributed by atoms with Crippen molar-refractivity contribution in [3.63, 3.8) is 0 Å². The molecular weight excluding hydrogens is 439 g/mol. The summed E-state index contributed by atoms with van der Waals surface area (Å²) in [5.41, 5.74) is 2.24. The van der Waals surface area contributed by atoms with Crippen LogP contribution >= 0.6 is 7.60 Å². The summed E-state index contributed by atoms with van der Waals surface area (Å²) in [6.45, 7) is 1.86. The van der Waals surface area contributed by atoms with Crippen LogP contribution < -0.4 is 10.6 Å². The Labute approximate surface area is 188 Å². The monoisotopic (exact) mass is 474 g/mol. The molecule has 1 aromatic rings. The van der Waals surface area contributed by atoms with Gasteiger partial charge in [-0.25, -0.2) is 0 Å². The molecule has 0 saturated carbocycles. The van der Waals surface area contributed by atoms with Crippen LogP contribution in [0.1, 0.15) is 30.4 Å². The fourth-order valence-corrected chi connectivity index (χ4v) is 4.81. The first-order valence-corrected chi connectivity index (χ1v) is 12.6. The minimum Gasteiger partial charge on any atom is -0.395 e. The average molecular weight is 474 g/mol. The second-order valence-corrected chi connectivity index (χ2v) is 10.2. The molecule has 2 rings (SSSR count). The van der Waals surface area contributed by atoms with Crippen molar-refractivity contribution in [1.29, 1.82) is 0 Å². The summed E-state index contributed by atoms with van der Waals surface area (Å²) in [6.07, 6.45) is -2.92. The molecule has 182 valence electrons. The van der Waals surface area contributed by atoms with Gasteiger partial charge in [-0.2, -0.15) is 0 Å². The number of rotatable bonds is 13. The van der Waals surface area contributed by atoms with Gasteiger partial charge in [-0.3, -0.25) is 9.36 Å². The van der Waals surface area contributed by atoms with E-state index < -0.39 is 44.2 Å². The van der Waals surface area contributed by atoms with Gasteiger partial charge in [0.25, 0.3) is 0 Å². The molecule has 1 aliphatic rings. The van der Waals surface area contributed by atoms with E-state index in [1.807, 2.05) is 31.2 Å². The van der Waals surface area contributed by atoms with E-state index in [1.165, 1.54) is 0 Å². The molecule has 32 heavy (non-hydrogen) atoms. The highest BCUT2D eigenvalue weighted by atomic mass is 31.2. The summed E-state index contributed by atoms with van der Waals surface area (Å²) in [7, 11) is -4.07. The van der Waals surface area contributed by atoms with Crippen LogP contribution in [-0.4, -0.2) is 87.5 Å². The third kappa shape index (κ3) is 8.88. The van der Waals surface area contributed by atoms with E-state index >= 15 is 0 Å². The van der Waals surface area contributed by atoms with Crippen molar-refractivity contribution >= 4 is 13.5 Å². The fraction of sp³-hybridized carbons (Fsp3) is 0.667. The number of aryl methyl sites for hydroxylation is 2. The Hall–Kier alpha value is -1.36. The van der Waals surface area contributed by atoms with E-state index in [2.05, 4.69) is 10.6 Å². The summed E-state index contributed by atoms with van der Waals surface area (Å²) >= 11 is 0. The van der Waals surface area contributed by atoms with Crippen LogP contribution in [-0.2, 0) is 20.3 Å². The molecule has 1 fully saturated rings. The zero-order valence-corrected chi connectivity index (χ0v) is 19.2. The topological polar surface area (TPSA) is 169 Å². The molecule has 0 aromatic heterocycles. The van der Waals surface area contributed by atoms with Crippen LogP contribution in [0.3, 0.4) is 0 Å². The number of hydrogen-bond acceptors (Lipinski definition) is 8. The average Bonchev–Trinajstić information content (AvgIpc) is 3.00. The van der Waals surface area contributed by atoms with Gasteiger partial charge in [-0.05, 0) is 31.7 Å². The first-order chi connectivity index (χ1) is 15.1. The van der Waals surface area contributed by atoms with Crippen LogP contribution in [0.25, 0.3) is 0 Å². The van der Waals surface area contributed by atoms with Gasteiger partial charge in [0.15, 0.2) is 0 Å². The van der Waals surface area contributed by atoms with Gasteiger partial charge in [0.2, 0.25) is 5.91 Å². The molecule has 10 nitrogen and oxygen atoms in total. The highest BCUT2D eigenvalue weighted by Crippen LogP contribution is 2.43. The van der Waals surface area contributed by atoms with Crippen molar-refractivity contribution in [2.75, 3.05) is 25.9 Å². The number of hydrogen-bond donors (Lipinski definition) is 7. The molecular formula is C21H35N2O8P. The predicted octanol–water partition coefficient (Wildman–Crippen LogP) is -0.559. The SMILES string of the molecule is Cc1ccc(CCC(=O)NCCCOP(=O)(O)C[C@H](O)C[C@H]2N[C@H](CO)[C@@H](O)[C@@H]2O)cc1. The molecule has 0 bridgehead atoms. The number of amides is 1. The van der Waals surface area contributed by atoms with E-state index in [4.69, 9.17) is 9.63 Å². The summed E-state index contributed by atoms with van der Waals surface area (Å²) < 4.78 is 17.2. The molecule has 7 N–H and O–H groups in total. The van der Waals surface area contributed by atoms with Crippen LogP contribution in [0.5, 0.6) is 0 Å². The molecule has 1 amide bonds. The number of carbonyl (C=O) groups excluding carboxylic acids is 1. The summed E-state index contributed by atoms with van der Waals surface area (Å²) in [4.78, 5) is 21.8. The lowest BCUT2D eigenvalue weighted by atomic mass is 10.0. The largest absolute Gasteiger partial charge is 0.395 e. The number of carbonyl (C=O) groups is 1. The van der Waals surface area contributed by atoms with Gasteiger partial charge in [-0.15, -0.1) is 0 Å². The molecule has 0 aliphatic carbocycles. The molecule has 1 heterocycles. The maximum Gasteiger partial charge on any atom is 0.330 e. The Kier molecular flexibility index (Phi) is 10.7. The quantitative estimate of drug-likeness (QED) is 0.146. The first-order valence-electron chi connectivity index (χ1n) is 10.8. The van der Waals surface area contributed by atoms with Gasteiger partial charge in [0.1, 0.15) is 0 Å². The van der Waals surface area contributed by atoms with E-state index in [0.29, 0.717) is 25.8 Å². The number of benzene rings is 1. The zero-order valence-electron chi connectivity index (χ0n) is 18.3. The highest BCUT2D eigenvalue weighted by Gasteiger charge is 2.41. The number of aliphatic hydroxyl groups excluding tert-OH is 4. The Balaban J connectivity index is 1.60. The van der Waals surface area contributed by atoms with Crippen molar-refractivity contribution in [2.24, 2.45) is 0 Å². The maximum atomic E-state index is 12.2. The number of nitrogens with one attached hydrogen (secondary N) is 2.